The maximum Gasteiger partial charge on any atom is 0.296 e. The van der Waals surface area contributed by atoms with E-state index in [0.29, 0.717) is 12.8 Å². The minimum absolute atomic E-state index is 0.0280. The SMILES string of the molecule is C#CC(=O)N[C@H](C(=O)N/C=C\C[C@@H](C/C=C(\C)Cl)O[Si](C)(C)C(C)(C)C)C(C)C. The molecule has 2 amide bonds. The predicted octanol–water partition coefficient (Wildman–Crippen LogP) is 4.70. The molecular formula is C22H37ClN2O3Si. The molecule has 29 heavy (non-hydrogen) atoms. The zero-order valence-electron chi connectivity index (χ0n) is 19.1. The Hall–Kier alpha value is -1.55. The maximum atomic E-state index is 12.4. The van der Waals surface area contributed by atoms with E-state index in [1.165, 1.54) is 0 Å². The molecule has 0 aromatic carbocycles. The van der Waals surface area contributed by atoms with Gasteiger partial charge in [-0.05, 0) is 55.9 Å². The summed E-state index contributed by atoms with van der Waals surface area (Å²) in [5, 5.41) is 6.08. The number of rotatable bonds is 10. The van der Waals surface area contributed by atoms with E-state index in [9.17, 15) is 9.59 Å². The largest absolute Gasteiger partial charge is 0.413 e. The molecule has 0 spiro atoms. The van der Waals surface area contributed by atoms with Crippen LogP contribution in [0.25, 0.3) is 0 Å². The van der Waals surface area contributed by atoms with Gasteiger partial charge in [0.2, 0.25) is 5.91 Å². The van der Waals surface area contributed by atoms with Crippen LogP contribution in [-0.4, -0.2) is 32.3 Å². The Morgan fingerprint density at radius 3 is 2.28 bits per heavy atom. The molecule has 0 aliphatic heterocycles. The third-order valence-electron chi connectivity index (χ3n) is 5.04. The van der Waals surface area contributed by atoms with E-state index >= 15 is 0 Å². The van der Waals surface area contributed by atoms with Crippen molar-refractivity contribution in [2.24, 2.45) is 5.92 Å². The van der Waals surface area contributed by atoms with Gasteiger partial charge in [-0.3, -0.25) is 9.59 Å². The second-order valence-electron chi connectivity index (χ2n) is 9.01. The van der Waals surface area contributed by atoms with E-state index in [0.717, 1.165) is 5.03 Å². The molecule has 5 nitrogen and oxygen atoms in total. The molecule has 7 heteroatoms. The summed E-state index contributed by atoms with van der Waals surface area (Å²) in [6.07, 6.45) is 11.8. The molecule has 0 radical (unpaired) electrons. The van der Waals surface area contributed by atoms with Crippen LogP contribution in [0.3, 0.4) is 0 Å². The molecule has 164 valence electrons. The summed E-state index contributed by atoms with van der Waals surface area (Å²) in [6, 6.07) is -0.690. The van der Waals surface area contributed by atoms with Gasteiger partial charge in [0.15, 0.2) is 8.32 Å². The van der Waals surface area contributed by atoms with Crippen molar-refractivity contribution in [2.45, 2.75) is 84.7 Å². The molecule has 0 unspecified atom stereocenters. The number of hydrogen-bond donors (Lipinski definition) is 2. The topological polar surface area (TPSA) is 67.4 Å². The average molecular weight is 441 g/mol. The highest BCUT2D eigenvalue weighted by molar-refractivity contribution is 6.74. The van der Waals surface area contributed by atoms with Crippen LogP contribution in [-0.2, 0) is 14.0 Å². The van der Waals surface area contributed by atoms with Gasteiger partial charge < -0.3 is 15.1 Å². The van der Waals surface area contributed by atoms with E-state index < -0.39 is 20.3 Å². The van der Waals surface area contributed by atoms with Crippen LogP contribution in [0.15, 0.2) is 23.4 Å². The average Bonchev–Trinajstić information content (AvgIpc) is 2.58. The zero-order chi connectivity index (χ0) is 22.8. The molecule has 2 atom stereocenters. The van der Waals surface area contributed by atoms with Crippen LogP contribution in [0.1, 0.15) is 54.4 Å². The summed E-state index contributed by atoms with van der Waals surface area (Å²) in [6.45, 7) is 16.6. The number of amides is 2. The van der Waals surface area contributed by atoms with Gasteiger partial charge in [0.05, 0.1) is 6.10 Å². The second-order valence-corrected chi connectivity index (χ2v) is 14.4. The Morgan fingerprint density at radius 2 is 1.83 bits per heavy atom. The van der Waals surface area contributed by atoms with Crippen LogP contribution in [0, 0.1) is 18.3 Å². The summed E-state index contributed by atoms with van der Waals surface area (Å²) in [4.78, 5) is 23.8. The fourth-order valence-electron chi connectivity index (χ4n) is 2.25. The first-order chi connectivity index (χ1) is 13.2. The van der Waals surface area contributed by atoms with Crippen molar-refractivity contribution in [3.8, 4) is 12.3 Å². The van der Waals surface area contributed by atoms with Crippen molar-refractivity contribution in [3.05, 3.63) is 23.4 Å². The quantitative estimate of drug-likeness (QED) is 0.382. The Labute approximate surface area is 182 Å². The van der Waals surface area contributed by atoms with E-state index in [-0.39, 0.29) is 23.0 Å². The zero-order valence-corrected chi connectivity index (χ0v) is 20.8. The summed E-state index contributed by atoms with van der Waals surface area (Å²) < 4.78 is 6.51. The molecule has 0 rings (SSSR count). The fraction of sp³-hybridized carbons (Fsp3) is 0.636. The number of allylic oxidation sites excluding steroid dienone is 1. The normalized spacial score (nSPS) is 15.1. The summed E-state index contributed by atoms with van der Waals surface area (Å²) >= 11 is 6.00. The van der Waals surface area contributed by atoms with Gasteiger partial charge in [-0.2, -0.15) is 0 Å². The van der Waals surface area contributed by atoms with E-state index in [1.54, 1.807) is 6.20 Å². The van der Waals surface area contributed by atoms with Crippen molar-refractivity contribution in [3.63, 3.8) is 0 Å². The Morgan fingerprint density at radius 1 is 1.24 bits per heavy atom. The monoisotopic (exact) mass is 440 g/mol. The molecule has 0 fully saturated rings. The molecule has 0 saturated carbocycles. The van der Waals surface area contributed by atoms with Crippen LogP contribution in [0.5, 0.6) is 0 Å². The molecular weight excluding hydrogens is 404 g/mol. The lowest BCUT2D eigenvalue weighted by Crippen LogP contribution is -2.48. The lowest BCUT2D eigenvalue weighted by atomic mass is 10.0. The van der Waals surface area contributed by atoms with E-state index in [1.807, 2.05) is 38.8 Å². The summed E-state index contributed by atoms with van der Waals surface area (Å²) in [5.74, 6) is 0.967. The van der Waals surface area contributed by atoms with Crippen molar-refractivity contribution >= 4 is 31.7 Å². The van der Waals surface area contributed by atoms with E-state index in [2.05, 4.69) is 44.5 Å². The first-order valence-corrected chi connectivity index (χ1v) is 13.2. The van der Waals surface area contributed by atoms with Crippen LogP contribution >= 0.6 is 11.6 Å². The number of halogens is 1. The molecule has 0 aromatic rings. The van der Waals surface area contributed by atoms with Gasteiger partial charge in [-0.25, -0.2) is 0 Å². The van der Waals surface area contributed by atoms with Gasteiger partial charge in [0.1, 0.15) is 6.04 Å². The third-order valence-corrected chi connectivity index (χ3v) is 9.73. The lowest BCUT2D eigenvalue weighted by molar-refractivity contribution is -0.127. The highest BCUT2D eigenvalue weighted by Crippen LogP contribution is 2.38. The van der Waals surface area contributed by atoms with Crippen LogP contribution in [0.4, 0.5) is 0 Å². The van der Waals surface area contributed by atoms with Gasteiger partial charge in [-0.1, -0.05) is 58.4 Å². The number of carbonyl (C=O) groups is 2. The van der Waals surface area contributed by atoms with Crippen molar-refractivity contribution < 1.29 is 14.0 Å². The Balaban J connectivity index is 5.04. The Bertz CT molecular complexity index is 654. The number of nitrogens with one attached hydrogen (secondary N) is 2. The number of hydrogen-bond acceptors (Lipinski definition) is 3. The van der Waals surface area contributed by atoms with Crippen LogP contribution in [0.2, 0.25) is 18.1 Å². The summed E-state index contributed by atoms with van der Waals surface area (Å²) in [5.41, 5.74) is 0. The molecule has 0 heterocycles. The highest BCUT2D eigenvalue weighted by atomic mass is 35.5. The van der Waals surface area contributed by atoms with Gasteiger partial charge >= 0.3 is 0 Å². The van der Waals surface area contributed by atoms with Gasteiger partial charge in [0, 0.05) is 5.03 Å². The van der Waals surface area contributed by atoms with Crippen LogP contribution < -0.4 is 10.6 Å². The third kappa shape index (κ3) is 10.7. The second kappa shape index (κ2) is 12.2. The molecule has 0 bridgehead atoms. The number of terminal acetylenes is 1. The highest BCUT2D eigenvalue weighted by Gasteiger charge is 2.38. The minimum Gasteiger partial charge on any atom is -0.413 e. The lowest BCUT2D eigenvalue weighted by Gasteiger charge is -2.39. The first kappa shape index (κ1) is 27.4. The van der Waals surface area contributed by atoms with Gasteiger partial charge in [-0.15, -0.1) is 6.42 Å². The van der Waals surface area contributed by atoms with Gasteiger partial charge in [0.25, 0.3) is 5.91 Å². The summed E-state index contributed by atoms with van der Waals surface area (Å²) in [7, 11) is -1.94. The number of carbonyl (C=O) groups excluding carboxylic acids is 2. The molecule has 0 aromatic heterocycles. The smallest absolute Gasteiger partial charge is 0.296 e. The van der Waals surface area contributed by atoms with E-state index in [4.69, 9.17) is 22.5 Å². The maximum absolute atomic E-state index is 12.4. The molecule has 0 saturated heterocycles. The molecule has 2 N–H and O–H groups in total. The molecule has 0 aliphatic carbocycles. The van der Waals surface area contributed by atoms with Crippen molar-refractivity contribution in [1.82, 2.24) is 10.6 Å². The standard InChI is InChI=1S/C22H37ClN2O3Si/c1-10-19(26)25-20(16(2)3)21(27)24-15-11-12-18(14-13-17(4)23)28-29(8,9)22(5,6)7/h1,11,13,15-16,18,20H,12,14H2,2-9H3,(H,24,27)(H,25,26)/b15-11-,17-13+/t18-,20-/m0/s1. The Kier molecular flexibility index (Phi) is 11.6. The predicted molar refractivity (Wildman–Crippen MR) is 124 cm³/mol. The first-order valence-electron chi connectivity index (χ1n) is 9.93. The molecule has 0 aliphatic rings. The minimum atomic E-state index is -1.94. The van der Waals surface area contributed by atoms with Crippen molar-refractivity contribution in [1.29, 1.82) is 0 Å². The van der Waals surface area contributed by atoms with Crippen molar-refractivity contribution in [2.75, 3.05) is 0 Å². The fourth-order valence-corrected chi connectivity index (χ4v) is 3.72.